The van der Waals surface area contributed by atoms with Gasteiger partial charge in [-0.2, -0.15) is 0 Å². The standard InChI is InChI=1S/C16H20O5/c1-19-13-6-5-12-11(9-20-10-21-12)14(13)16(15(17)18)7-3-2-4-8-16/h5-6H,2-4,7-10H2,1H3,(H,17,18). The van der Waals surface area contributed by atoms with E-state index in [9.17, 15) is 9.90 Å². The first-order chi connectivity index (χ1) is 10.2. The Morgan fingerprint density at radius 2 is 2.05 bits per heavy atom. The third-order valence-corrected chi connectivity index (χ3v) is 4.59. The minimum atomic E-state index is -0.890. The lowest BCUT2D eigenvalue weighted by atomic mass is 9.67. The van der Waals surface area contributed by atoms with Gasteiger partial charge < -0.3 is 19.3 Å². The molecule has 0 spiro atoms. The number of carbonyl (C=O) groups is 1. The van der Waals surface area contributed by atoms with Crippen molar-refractivity contribution < 1.29 is 24.1 Å². The van der Waals surface area contributed by atoms with Crippen molar-refractivity contribution in [3.63, 3.8) is 0 Å². The lowest BCUT2D eigenvalue weighted by Crippen LogP contribution is -2.39. The molecule has 1 aromatic rings. The van der Waals surface area contributed by atoms with E-state index in [-0.39, 0.29) is 6.79 Å². The zero-order valence-electron chi connectivity index (χ0n) is 12.2. The number of fused-ring (bicyclic) bond motifs is 1. The van der Waals surface area contributed by atoms with Crippen LogP contribution in [0.25, 0.3) is 0 Å². The van der Waals surface area contributed by atoms with E-state index in [0.29, 0.717) is 30.9 Å². The number of methoxy groups -OCH3 is 1. The minimum Gasteiger partial charge on any atom is -0.496 e. The second kappa shape index (κ2) is 5.56. The van der Waals surface area contributed by atoms with Crippen LogP contribution in [0.1, 0.15) is 43.2 Å². The van der Waals surface area contributed by atoms with Crippen molar-refractivity contribution in [3.8, 4) is 11.5 Å². The van der Waals surface area contributed by atoms with Crippen molar-refractivity contribution in [3.05, 3.63) is 23.3 Å². The topological polar surface area (TPSA) is 65.0 Å². The number of aliphatic carboxylic acids is 1. The van der Waals surface area contributed by atoms with Gasteiger partial charge in [-0.1, -0.05) is 19.3 Å². The molecule has 0 saturated heterocycles. The van der Waals surface area contributed by atoms with Gasteiger partial charge in [-0.3, -0.25) is 4.79 Å². The summed E-state index contributed by atoms with van der Waals surface area (Å²) in [5.41, 5.74) is 0.679. The maximum Gasteiger partial charge on any atom is 0.314 e. The Morgan fingerprint density at radius 3 is 2.71 bits per heavy atom. The van der Waals surface area contributed by atoms with Crippen LogP contribution < -0.4 is 9.47 Å². The van der Waals surface area contributed by atoms with Crippen molar-refractivity contribution in [1.29, 1.82) is 0 Å². The number of ether oxygens (including phenoxy) is 3. The van der Waals surface area contributed by atoms with Crippen LogP contribution in [0.5, 0.6) is 11.5 Å². The van der Waals surface area contributed by atoms with Crippen molar-refractivity contribution >= 4 is 5.97 Å². The summed E-state index contributed by atoms with van der Waals surface area (Å²) in [6.07, 6.45) is 4.19. The molecule has 1 fully saturated rings. The number of carboxylic acid groups (broad SMARTS) is 1. The molecule has 3 rings (SSSR count). The monoisotopic (exact) mass is 292 g/mol. The zero-order valence-corrected chi connectivity index (χ0v) is 12.2. The van der Waals surface area contributed by atoms with Crippen LogP contribution in [0.15, 0.2) is 12.1 Å². The molecule has 114 valence electrons. The number of hydrogen-bond donors (Lipinski definition) is 1. The first-order valence-electron chi connectivity index (χ1n) is 7.33. The average Bonchev–Trinajstić information content (AvgIpc) is 2.54. The Morgan fingerprint density at radius 1 is 1.29 bits per heavy atom. The molecule has 1 saturated carbocycles. The zero-order chi connectivity index (χ0) is 14.9. The fourth-order valence-electron chi connectivity index (χ4n) is 3.56. The molecule has 1 aliphatic carbocycles. The molecule has 2 aliphatic rings. The Hall–Kier alpha value is -1.75. The second-order valence-corrected chi connectivity index (χ2v) is 5.68. The minimum absolute atomic E-state index is 0.207. The number of carboxylic acids is 1. The summed E-state index contributed by atoms with van der Waals surface area (Å²) < 4.78 is 16.4. The predicted molar refractivity (Wildman–Crippen MR) is 75.7 cm³/mol. The summed E-state index contributed by atoms with van der Waals surface area (Å²) in [6, 6.07) is 3.64. The molecular weight excluding hydrogens is 272 g/mol. The Balaban J connectivity index is 2.20. The summed E-state index contributed by atoms with van der Waals surface area (Å²) in [5.74, 6) is 0.551. The van der Waals surface area contributed by atoms with Crippen LogP contribution in [0.2, 0.25) is 0 Å². The van der Waals surface area contributed by atoms with E-state index in [0.717, 1.165) is 30.4 Å². The quantitative estimate of drug-likeness (QED) is 0.928. The summed E-state index contributed by atoms with van der Waals surface area (Å²) in [5, 5.41) is 9.93. The van der Waals surface area contributed by atoms with Crippen LogP contribution in [0.4, 0.5) is 0 Å². The van der Waals surface area contributed by atoms with Crippen LogP contribution >= 0.6 is 0 Å². The lowest BCUT2D eigenvalue weighted by molar-refractivity contribution is -0.145. The number of benzene rings is 1. The summed E-state index contributed by atoms with van der Waals surface area (Å²) in [7, 11) is 1.58. The Kier molecular flexibility index (Phi) is 3.76. The Labute approximate surface area is 123 Å². The molecule has 0 bridgehead atoms. The highest BCUT2D eigenvalue weighted by atomic mass is 16.7. The van der Waals surface area contributed by atoms with E-state index in [4.69, 9.17) is 14.2 Å². The third kappa shape index (κ3) is 2.25. The highest BCUT2D eigenvalue weighted by molar-refractivity contribution is 5.84. The van der Waals surface area contributed by atoms with Gasteiger partial charge in [0, 0.05) is 11.1 Å². The maximum absolute atomic E-state index is 12.1. The summed E-state index contributed by atoms with van der Waals surface area (Å²) >= 11 is 0. The molecule has 1 N–H and O–H groups in total. The predicted octanol–water partition coefficient (Wildman–Crippen LogP) is 2.85. The van der Waals surface area contributed by atoms with Gasteiger partial charge in [-0.15, -0.1) is 0 Å². The molecule has 1 heterocycles. The fourth-order valence-corrected chi connectivity index (χ4v) is 3.56. The molecule has 1 aliphatic heterocycles. The van der Waals surface area contributed by atoms with Crippen molar-refractivity contribution in [1.82, 2.24) is 0 Å². The Bertz CT molecular complexity index is 546. The van der Waals surface area contributed by atoms with Crippen LogP contribution in [0.3, 0.4) is 0 Å². The molecular formula is C16H20O5. The number of hydrogen-bond acceptors (Lipinski definition) is 4. The van der Waals surface area contributed by atoms with Crippen LogP contribution in [-0.4, -0.2) is 25.0 Å². The average molecular weight is 292 g/mol. The van der Waals surface area contributed by atoms with Gasteiger partial charge in [0.1, 0.15) is 11.5 Å². The molecule has 5 nitrogen and oxygen atoms in total. The molecule has 0 unspecified atom stereocenters. The molecule has 0 radical (unpaired) electrons. The van der Waals surface area contributed by atoms with Gasteiger partial charge in [0.2, 0.25) is 0 Å². The molecule has 0 aromatic heterocycles. The normalized spacial score (nSPS) is 20.2. The first kappa shape index (κ1) is 14.2. The van der Waals surface area contributed by atoms with E-state index < -0.39 is 11.4 Å². The van der Waals surface area contributed by atoms with Crippen LogP contribution in [-0.2, 0) is 21.6 Å². The first-order valence-corrected chi connectivity index (χ1v) is 7.33. The summed E-state index contributed by atoms with van der Waals surface area (Å²) in [4.78, 5) is 12.1. The molecule has 21 heavy (non-hydrogen) atoms. The van der Waals surface area contributed by atoms with Crippen LogP contribution in [0, 0.1) is 0 Å². The summed E-state index contributed by atoms with van der Waals surface area (Å²) in [6.45, 7) is 0.579. The fraction of sp³-hybridized carbons (Fsp3) is 0.562. The SMILES string of the molecule is COc1ccc2c(c1C1(C(=O)O)CCCCC1)COCO2. The van der Waals surface area contributed by atoms with Gasteiger partial charge in [-0.05, 0) is 25.0 Å². The molecule has 5 heteroatoms. The van der Waals surface area contributed by atoms with Crippen molar-refractivity contribution in [2.24, 2.45) is 0 Å². The van der Waals surface area contributed by atoms with Gasteiger partial charge in [-0.25, -0.2) is 0 Å². The van der Waals surface area contributed by atoms with E-state index >= 15 is 0 Å². The van der Waals surface area contributed by atoms with E-state index in [2.05, 4.69) is 0 Å². The number of rotatable bonds is 3. The highest BCUT2D eigenvalue weighted by Gasteiger charge is 2.45. The van der Waals surface area contributed by atoms with E-state index in [1.165, 1.54) is 0 Å². The lowest BCUT2D eigenvalue weighted by Gasteiger charge is -2.37. The van der Waals surface area contributed by atoms with Gasteiger partial charge in [0.15, 0.2) is 6.79 Å². The van der Waals surface area contributed by atoms with Crippen molar-refractivity contribution in [2.75, 3.05) is 13.9 Å². The second-order valence-electron chi connectivity index (χ2n) is 5.68. The molecule has 1 aromatic carbocycles. The smallest absolute Gasteiger partial charge is 0.314 e. The van der Waals surface area contributed by atoms with Crippen molar-refractivity contribution in [2.45, 2.75) is 44.1 Å². The maximum atomic E-state index is 12.1. The highest BCUT2D eigenvalue weighted by Crippen LogP contribution is 2.48. The van der Waals surface area contributed by atoms with Gasteiger partial charge >= 0.3 is 5.97 Å². The molecule has 0 atom stereocenters. The largest absolute Gasteiger partial charge is 0.496 e. The molecule has 0 amide bonds. The third-order valence-electron chi connectivity index (χ3n) is 4.59. The van der Waals surface area contributed by atoms with Gasteiger partial charge in [0.05, 0.1) is 19.1 Å². The van der Waals surface area contributed by atoms with E-state index in [1.807, 2.05) is 6.07 Å². The van der Waals surface area contributed by atoms with Gasteiger partial charge in [0.25, 0.3) is 0 Å². The van der Waals surface area contributed by atoms with E-state index in [1.54, 1.807) is 13.2 Å².